The van der Waals surface area contributed by atoms with E-state index in [-0.39, 0.29) is 5.41 Å². The number of para-hydroxylation sites is 2. The SMILES string of the molecule is CC1(C)c2ccccc2C2(c3ccc([Si](c4ccccc4)(c4ccccc4)c4cc(-c5ccccc5)cc(-c5ccccc5)c4)cc3-n3c4ccccc4c4cccc2c43)c2ccccc21. The van der Waals surface area contributed by atoms with Gasteiger partial charge in [0, 0.05) is 16.2 Å². The van der Waals surface area contributed by atoms with E-state index in [2.05, 4.69) is 267 Å². The Morgan fingerprint density at radius 1 is 0.318 bits per heavy atom. The summed E-state index contributed by atoms with van der Waals surface area (Å²) in [7, 11) is -3.15. The number of fused-ring (bicyclic) bond motifs is 11. The third-order valence-corrected chi connectivity index (χ3v) is 19.9. The molecule has 11 aromatic rings. The fourth-order valence-electron chi connectivity index (χ4n) is 12.4. The van der Waals surface area contributed by atoms with Crippen LogP contribution in [0, 0.1) is 0 Å². The van der Waals surface area contributed by atoms with Crippen molar-refractivity contribution < 1.29 is 0 Å². The minimum absolute atomic E-state index is 0.195. The van der Waals surface area contributed by atoms with Crippen molar-refractivity contribution in [2.24, 2.45) is 0 Å². The van der Waals surface area contributed by atoms with Crippen molar-refractivity contribution in [3.05, 3.63) is 282 Å². The lowest BCUT2D eigenvalue weighted by Crippen LogP contribution is -2.74. The Morgan fingerprint density at radius 2 is 0.788 bits per heavy atom. The van der Waals surface area contributed by atoms with Gasteiger partial charge in [-0.25, -0.2) is 0 Å². The highest BCUT2D eigenvalue weighted by atomic mass is 28.3. The first-order valence-electron chi connectivity index (χ1n) is 23.3. The van der Waals surface area contributed by atoms with Gasteiger partial charge in [-0.3, -0.25) is 0 Å². The summed E-state index contributed by atoms with van der Waals surface area (Å²) in [4.78, 5) is 0. The lowest BCUT2D eigenvalue weighted by atomic mass is 9.53. The Morgan fingerprint density at radius 3 is 1.36 bits per heavy atom. The molecule has 2 heterocycles. The summed E-state index contributed by atoms with van der Waals surface area (Å²) in [6.45, 7) is 4.82. The van der Waals surface area contributed by atoms with Crippen LogP contribution in [0.3, 0.4) is 0 Å². The molecule has 66 heavy (non-hydrogen) atoms. The lowest BCUT2D eigenvalue weighted by Gasteiger charge is -2.50. The summed E-state index contributed by atoms with van der Waals surface area (Å²) in [5, 5.41) is 7.96. The maximum atomic E-state index is 2.63. The predicted molar refractivity (Wildman–Crippen MR) is 279 cm³/mol. The van der Waals surface area contributed by atoms with Crippen LogP contribution >= 0.6 is 0 Å². The highest BCUT2D eigenvalue weighted by molar-refractivity contribution is 7.20. The summed E-state index contributed by atoms with van der Waals surface area (Å²) in [5.41, 5.74) is 16.0. The van der Waals surface area contributed by atoms with Crippen LogP contribution in [0.15, 0.2) is 249 Å². The topological polar surface area (TPSA) is 4.93 Å². The Kier molecular flexibility index (Phi) is 8.56. The standard InChI is InChI=1S/C64H47NSi/c1-63(2)54-32-16-18-34-56(54)64(57-35-19-17-33-55(57)63)58-39-38-50(43-61(58)65-60-37-20-15-30-52(60)53-31-21-36-59(64)62(53)65)66(48-26-11-5-12-27-48,49-28-13-6-14-29-49)51-41-46(44-22-7-3-8-23-44)40-47(42-51)45-24-9-4-10-25-45/h3-43H,1-2H3. The van der Waals surface area contributed by atoms with Gasteiger partial charge in [0.1, 0.15) is 0 Å². The van der Waals surface area contributed by atoms with E-state index in [1.807, 2.05) is 0 Å². The zero-order valence-corrected chi connectivity index (χ0v) is 38.1. The van der Waals surface area contributed by atoms with E-state index in [9.17, 15) is 0 Å². The molecule has 0 bridgehead atoms. The highest BCUT2D eigenvalue weighted by Gasteiger charge is 2.53. The first-order chi connectivity index (χ1) is 32.5. The molecule has 0 atom stereocenters. The number of hydrogen-bond donors (Lipinski definition) is 0. The van der Waals surface area contributed by atoms with Crippen LogP contribution < -0.4 is 20.7 Å². The first-order valence-corrected chi connectivity index (χ1v) is 25.3. The highest BCUT2D eigenvalue weighted by Crippen LogP contribution is 2.60. The third kappa shape index (κ3) is 5.28. The minimum Gasteiger partial charge on any atom is -0.309 e. The molecule has 2 heteroatoms. The second-order valence-corrected chi connectivity index (χ2v) is 22.6. The van der Waals surface area contributed by atoms with Gasteiger partial charge in [0.15, 0.2) is 8.07 Å². The molecule has 1 aliphatic carbocycles. The van der Waals surface area contributed by atoms with Crippen molar-refractivity contribution in [1.82, 2.24) is 4.57 Å². The molecule has 2 aliphatic rings. The molecule has 0 amide bonds. The zero-order chi connectivity index (χ0) is 44.0. The molecule has 10 aromatic carbocycles. The van der Waals surface area contributed by atoms with Crippen molar-refractivity contribution in [3.8, 4) is 27.9 Å². The molecule has 1 nitrogen and oxygen atoms in total. The lowest BCUT2D eigenvalue weighted by molar-refractivity contribution is 0.556. The molecule has 13 rings (SSSR count). The van der Waals surface area contributed by atoms with Crippen LogP contribution in [0.2, 0.25) is 0 Å². The number of benzene rings is 10. The molecule has 0 N–H and O–H groups in total. The number of rotatable bonds is 6. The quantitative estimate of drug-likeness (QED) is 0.116. The number of hydrogen-bond acceptors (Lipinski definition) is 0. The van der Waals surface area contributed by atoms with Gasteiger partial charge in [-0.05, 0) is 94.6 Å². The van der Waals surface area contributed by atoms with E-state index in [0.29, 0.717) is 0 Å². The average Bonchev–Trinajstić information content (AvgIpc) is 3.73. The van der Waals surface area contributed by atoms with Crippen LogP contribution in [-0.4, -0.2) is 12.6 Å². The van der Waals surface area contributed by atoms with Gasteiger partial charge in [-0.2, -0.15) is 0 Å². The van der Waals surface area contributed by atoms with Crippen molar-refractivity contribution >= 4 is 50.6 Å². The van der Waals surface area contributed by atoms with Crippen LogP contribution in [0.5, 0.6) is 0 Å². The molecule has 0 radical (unpaired) electrons. The smallest absolute Gasteiger partial charge is 0.179 e. The van der Waals surface area contributed by atoms with Crippen molar-refractivity contribution in [3.63, 3.8) is 0 Å². The van der Waals surface area contributed by atoms with E-state index in [4.69, 9.17) is 0 Å². The van der Waals surface area contributed by atoms with Crippen LogP contribution in [0.1, 0.15) is 47.2 Å². The Bertz CT molecular complexity index is 3510. The molecule has 0 saturated carbocycles. The second kappa shape index (κ2) is 14.6. The molecule has 0 unspecified atom stereocenters. The third-order valence-electron chi connectivity index (χ3n) is 15.2. The maximum Gasteiger partial charge on any atom is 0.179 e. The van der Waals surface area contributed by atoms with Gasteiger partial charge in [0.25, 0.3) is 0 Å². The minimum atomic E-state index is -3.15. The first kappa shape index (κ1) is 38.7. The predicted octanol–water partition coefficient (Wildman–Crippen LogP) is 12.8. The van der Waals surface area contributed by atoms with Crippen molar-refractivity contribution in [2.75, 3.05) is 0 Å². The Labute approximate surface area is 387 Å². The summed E-state index contributed by atoms with van der Waals surface area (Å²) in [6.07, 6.45) is 0. The molecule has 1 aromatic heterocycles. The second-order valence-electron chi connectivity index (χ2n) is 18.8. The molecule has 312 valence electrons. The fourth-order valence-corrected chi connectivity index (χ4v) is 17.2. The van der Waals surface area contributed by atoms with Gasteiger partial charge in [-0.1, -0.05) is 244 Å². The summed E-state index contributed by atoms with van der Waals surface area (Å²) in [5.74, 6) is 0. The number of nitrogens with zero attached hydrogens (tertiary/aromatic N) is 1. The summed E-state index contributed by atoms with van der Waals surface area (Å²) in [6, 6.07) is 94.6. The van der Waals surface area contributed by atoms with Crippen LogP contribution in [0.4, 0.5) is 0 Å². The molecule has 0 saturated heterocycles. The van der Waals surface area contributed by atoms with Gasteiger partial charge in [0.05, 0.1) is 22.1 Å². The molecule has 1 spiro atoms. The van der Waals surface area contributed by atoms with Gasteiger partial charge in [-0.15, -0.1) is 0 Å². The molecular formula is C64H47NSi. The Hall–Kier alpha value is -7.78. The van der Waals surface area contributed by atoms with Crippen molar-refractivity contribution in [2.45, 2.75) is 24.7 Å². The van der Waals surface area contributed by atoms with Gasteiger partial charge >= 0.3 is 0 Å². The molecule has 1 aliphatic heterocycles. The average molecular weight is 858 g/mol. The fraction of sp³-hybridized carbons (Fsp3) is 0.0625. The van der Waals surface area contributed by atoms with Gasteiger partial charge < -0.3 is 4.57 Å². The van der Waals surface area contributed by atoms with Gasteiger partial charge in [0.2, 0.25) is 0 Å². The van der Waals surface area contributed by atoms with Crippen LogP contribution in [-0.2, 0) is 10.8 Å². The van der Waals surface area contributed by atoms with Crippen molar-refractivity contribution in [1.29, 1.82) is 0 Å². The van der Waals surface area contributed by atoms with E-state index in [1.165, 1.54) is 104 Å². The van der Waals surface area contributed by atoms with E-state index < -0.39 is 13.5 Å². The zero-order valence-electron chi connectivity index (χ0n) is 37.1. The van der Waals surface area contributed by atoms with Crippen LogP contribution in [0.25, 0.3) is 49.7 Å². The number of aromatic nitrogens is 1. The molecule has 0 fully saturated rings. The normalized spacial score (nSPS) is 14.2. The van der Waals surface area contributed by atoms with E-state index >= 15 is 0 Å². The van der Waals surface area contributed by atoms with E-state index in [1.54, 1.807) is 0 Å². The monoisotopic (exact) mass is 857 g/mol. The maximum absolute atomic E-state index is 3.15. The molecular weight excluding hydrogens is 811 g/mol. The Balaban J connectivity index is 1.21. The summed E-state index contributed by atoms with van der Waals surface area (Å²) < 4.78 is 2.62. The largest absolute Gasteiger partial charge is 0.309 e. The van der Waals surface area contributed by atoms with E-state index in [0.717, 1.165) is 0 Å². The summed E-state index contributed by atoms with van der Waals surface area (Å²) >= 11 is 0.